The normalized spacial score (nSPS) is 11.2. The molecule has 1 aromatic heterocycles. The third-order valence-electron chi connectivity index (χ3n) is 4.19. The van der Waals surface area contributed by atoms with Gasteiger partial charge >= 0.3 is 0 Å². The van der Waals surface area contributed by atoms with E-state index in [1.807, 2.05) is 13.8 Å². The molecular weight excluding hydrogens is 352 g/mol. The van der Waals surface area contributed by atoms with Crippen LogP contribution in [0.4, 0.5) is 0 Å². The minimum atomic E-state index is -1.02. The molecule has 0 fully saturated rings. The highest BCUT2D eigenvalue weighted by Gasteiger charge is 2.33. The van der Waals surface area contributed by atoms with Crippen molar-refractivity contribution in [1.29, 1.82) is 0 Å². The molecule has 0 saturated heterocycles. The number of rotatable bonds is 6. The summed E-state index contributed by atoms with van der Waals surface area (Å²) in [6, 6.07) is 6.95. The number of ether oxygens (including phenoxy) is 2. The van der Waals surface area contributed by atoms with Gasteiger partial charge in [0.1, 0.15) is 11.5 Å². The van der Waals surface area contributed by atoms with Crippen LogP contribution < -0.4 is 9.47 Å². The summed E-state index contributed by atoms with van der Waals surface area (Å²) in [5.41, 5.74) is 1.67. The number of hydrogen-bond acceptors (Lipinski definition) is 4. The van der Waals surface area contributed by atoms with Crippen molar-refractivity contribution in [2.45, 2.75) is 39.8 Å². The number of methoxy groups -OCH3 is 1. The number of nitrogens with zero attached hydrogens (tertiary/aromatic N) is 2. The van der Waals surface area contributed by atoms with Crippen molar-refractivity contribution in [3.63, 3.8) is 0 Å². The molecule has 0 bridgehead atoms. The van der Waals surface area contributed by atoms with E-state index in [-0.39, 0.29) is 5.91 Å². The first kappa shape index (κ1) is 20.0. The van der Waals surface area contributed by atoms with Crippen LogP contribution in [-0.2, 0) is 11.3 Å². The van der Waals surface area contributed by atoms with Crippen LogP contribution in [0.1, 0.15) is 30.7 Å². The van der Waals surface area contributed by atoms with Crippen LogP contribution in [0.3, 0.4) is 0 Å². The van der Waals surface area contributed by atoms with Gasteiger partial charge in [-0.15, -0.1) is 0 Å². The summed E-state index contributed by atoms with van der Waals surface area (Å²) in [6.45, 7) is 7.75. The first-order valence-corrected chi connectivity index (χ1v) is 8.72. The lowest BCUT2D eigenvalue weighted by atomic mass is 10.1. The van der Waals surface area contributed by atoms with Crippen LogP contribution in [0.5, 0.6) is 11.5 Å². The molecule has 0 unspecified atom stereocenters. The topological polar surface area (TPSA) is 51.7 Å². The largest absolute Gasteiger partial charge is 0.496 e. The van der Waals surface area contributed by atoms with Crippen molar-refractivity contribution in [3.05, 3.63) is 52.3 Å². The Morgan fingerprint density at radius 1 is 1.23 bits per heavy atom. The van der Waals surface area contributed by atoms with E-state index >= 15 is 0 Å². The van der Waals surface area contributed by atoms with E-state index in [0.29, 0.717) is 17.3 Å². The van der Waals surface area contributed by atoms with Gasteiger partial charge in [-0.3, -0.25) is 9.78 Å². The minimum Gasteiger partial charge on any atom is -0.496 e. The summed E-state index contributed by atoms with van der Waals surface area (Å²) in [7, 11) is 3.37. The molecule has 0 aliphatic carbocycles. The molecule has 1 amide bonds. The quantitative estimate of drug-likeness (QED) is 0.759. The lowest BCUT2D eigenvalue weighted by molar-refractivity contribution is -0.144. The fourth-order valence-corrected chi connectivity index (χ4v) is 2.95. The van der Waals surface area contributed by atoms with E-state index in [9.17, 15) is 4.79 Å². The molecule has 0 aliphatic rings. The molecule has 26 heavy (non-hydrogen) atoms. The van der Waals surface area contributed by atoms with E-state index in [0.717, 1.165) is 22.6 Å². The van der Waals surface area contributed by atoms with Gasteiger partial charge in [0.2, 0.25) is 0 Å². The summed E-state index contributed by atoms with van der Waals surface area (Å²) >= 11 is 5.89. The van der Waals surface area contributed by atoms with E-state index in [1.54, 1.807) is 63.4 Å². The molecule has 0 aliphatic heterocycles. The monoisotopic (exact) mass is 376 g/mol. The minimum absolute atomic E-state index is 0.145. The molecule has 140 valence electrons. The Hall–Kier alpha value is -2.27. The number of hydrogen-bond donors (Lipinski definition) is 0. The second-order valence-corrected chi connectivity index (χ2v) is 7.21. The Morgan fingerprint density at radius 3 is 2.42 bits per heavy atom. The van der Waals surface area contributed by atoms with Gasteiger partial charge in [0.05, 0.1) is 19.3 Å². The maximum Gasteiger partial charge on any atom is 0.266 e. The maximum atomic E-state index is 12.9. The molecule has 0 N–H and O–H groups in total. The summed E-state index contributed by atoms with van der Waals surface area (Å²) in [5.74, 6) is 1.24. The Kier molecular flexibility index (Phi) is 6.13. The molecule has 2 rings (SSSR count). The highest BCUT2D eigenvalue weighted by Crippen LogP contribution is 2.26. The van der Waals surface area contributed by atoms with E-state index < -0.39 is 5.60 Å². The summed E-state index contributed by atoms with van der Waals surface area (Å²) in [4.78, 5) is 19.0. The van der Waals surface area contributed by atoms with Gasteiger partial charge in [0.15, 0.2) is 5.60 Å². The Morgan fingerprint density at radius 2 is 1.85 bits per heavy atom. The predicted molar refractivity (Wildman–Crippen MR) is 103 cm³/mol. The maximum absolute atomic E-state index is 12.9. The first-order chi connectivity index (χ1) is 12.2. The van der Waals surface area contributed by atoms with Crippen LogP contribution in [0.25, 0.3) is 0 Å². The lowest BCUT2D eigenvalue weighted by Gasteiger charge is -2.30. The molecule has 0 atom stereocenters. The van der Waals surface area contributed by atoms with Crippen molar-refractivity contribution < 1.29 is 14.3 Å². The standard InChI is InChI=1S/C20H25ClN2O3/c1-13-11-22-17(14(2)18(13)25-6)12-23(5)19(24)20(3,4)26-16-9-7-15(21)8-10-16/h7-11H,12H2,1-6H3. The zero-order valence-electron chi connectivity index (χ0n) is 16.1. The van der Waals surface area contributed by atoms with Gasteiger partial charge in [0.25, 0.3) is 5.91 Å². The highest BCUT2D eigenvalue weighted by molar-refractivity contribution is 6.30. The van der Waals surface area contributed by atoms with E-state index in [1.165, 1.54) is 0 Å². The molecule has 0 saturated carbocycles. The number of halogens is 1. The molecular formula is C20H25ClN2O3. The van der Waals surface area contributed by atoms with E-state index in [4.69, 9.17) is 21.1 Å². The van der Waals surface area contributed by atoms with Crippen molar-refractivity contribution in [2.24, 2.45) is 0 Å². The number of carbonyl (C=O) groups is 1. The third kappa shape index (κ3) is 4.47. The van der Waals surface area contributed by atoms with Gasteiger partial charge in [-0.25, -0.2) is 0 Å². The Bertz CT molecular complexity index is 788. The zero-order chi connectivity index (χ0) is 19.5. The number of likely N-dealkylation sites (N-methyl/N-ethyl adjacent to an activating group) is 1. The van der Waals surface area contributed by atoms with Crippen LogP contribution in [0.15, 0.2) is 30.5 Å². The summed E-state index contributed by atoms with van der Waals surface area (Å²) in [5, 5.41) is 0.619. The van der Waals surface area contributed by atoms with Crippen LogP contribution in [0.2, 0.25) is 5.02 Å². The van der Waals surface area contributed by atoms with Crippen LogP contribution in [0, 0.1) is 13.8 Å². The van der Waals surface area contributed by atoms with Gasteiger partial charge in [0, 0.05) is 29.4 Å². The molecule has 0 radical (unpaired) electrons. The molecule has 2 aromatic rings. The molecule has 1 aromatic carbocycles. The van der Waals surface area contributed by atoms with Gasteiger partial charge in [-0.1, -0.05) is 11.6 Å². The number of pyridine rings is 1. The first-order valence-electron chi connectivity index (χ1n) is 8.35. The molecule has 0 spiro atoms. The second kappa shape index (κ2) is 7.96. The highest BCUT2D eigenvalue weighted by atomic mass is 35.5. The summed E-state index contributed by atoms with van der Waals surface area (Å²) < 4.78 is 11.3. The van der Waals surface area contributed by atoms with Gasteiger partial charge < -0.3 is 14.4 Å². The number of carbonyl (C=O) groups excluding carboxylic acids is 1. The van der Waals surface area contributed by atoms with Crippen molar-refractivity contribution >= 4 is 17.5 Å². The lowest BCUT2D eigenvalue weighted by Crippen LogP contribution is -2.47. The van der Waals surface area contributed by atoms with E-state index in [2.05, 4.69) is 4.98 Å². The average Bonchev–Trinajstić information content (AvgIpc) is 2.59. The zero-order valence-corrected chi connectivity index (χ0v) is 16.8. The molecule has 1 heterocycles. The van der Waals surface area contributed by atoms with Gasteiger partial charge in [-0.2, -0.15) is 0 Å². The van der Waals surface area contributed by atoms with Crippen LogP contribution in [-0.4, -0.2) is 35.5 Å². The fraction of sp³-hybridized carbons (Fsp3) is 0.400. The Labute approximate surface area is 159 Å². The fourth-order valence-electron chi connectivity index (χ4n) is 2.83. The average molecular weight is 377 g/mol. The van der Waals surface area contributed by atoms with Crippen LogP contribution >= 0.6 is 11.6 Å². The predicted octanol–water partition coefficient (Wildman–Crippen LogP) is 4.18. The third-order valence-corrected chi connectivity index (χ3v) is 4.44. The summed E-state index contributed by atoms with van der Waals surface area (Å²) in [6.07, 6.45) is 1.76. The van der Waals surface area contributed by atoms with Crippen molar-refractivity contribution in [1.82, 2.24) is 9.88 Å². The van der Waals surface area contributed by atoms with Gasteiger partial charge in [-0.05, 0) is 52.0 Å². The molecule has 6 heteroatoms. The Balaban J connectivity index is 2.14. The molecule has 5 nitrogen and oxygen atoms in total. The smallest absolute Gasteiger partial charge is 0.266 e. The number of aryl methyl sites for hydroxylation is 1. The number of amides is 1. The number of benzene rings is 1. The number of aromatic nitrogens is 1. The SMILES string of the molecule is COc1c(C)cnc(CN(C)C(=O)C(C)(C)Oc2ccc(Cl)cc2)c1C. The van der Waals surface area contributed by atoms with Crippen molar-refractivity contribution in [3.8, 4) is 11.5 Å². The second-order valence-electron chi connectivity index (χ2n) is 6.77. The van der Waals surface area contributed by atoms with Crippen molar-refractivity contribution in [2.75, 3.05) is 14.2 Å².